The smallest absolute Gasteiger partial charge is 0.414 e. The fraction of sp³-hybridized carbons (Fsp3) is 0.292. The van der Waals surface area contributed by atoms with Crippen molar-refractivity contribution in [2.75, 3.05) is 7.11 Å². The number of aliphatic hydroxyl groups is 1. The summed E-state index contributed by atoms with van der Waals surface area (Å²) in [7, 11) is 1.48. The molecule has 8 heteroatoms. The molecule has 2 N–H and O–H groups in total. The third-order valence-electron chi connectivity index (χ3n) is 6.09. The molecule has 2 aromatic carbocycles. The molecule has 3 atom stereocenters. The topological polar surface area (TPSA) is 97.8 Å². The van der Waals surface area contributed by atoms with Crippen molar-refractivity contribution in [1.82, 2.24) is 10.3 Å². The van der Waals surface area contributed by atoms with Crippen LogP contribution in [0.5, 0.6) is 5.88 Å². The van der Waals surface area contributed by atoms with Crippen LogP contribution in [0.2, 0.25) is 0 Å². The monoisotopic (exact) mass is 436 g/mol. The molecule has 1 saturated carbocycles. The van der Waals surface area contributed by atoms with Crippen molar-refractivity contribution in [2.24, 2.45) is 5.92 Å². The molecule has 0 spiro atoms. The predicted octanol–water partition coefficient (Wildman–Crippen LogP) is 3.54. The lowest BCUT2D eigenvalue weighted by Gasteiger charge is -2.26. The minimum atomic E-state index is -1.28. The number of rotatable bonds is 6. The quantitative estimate of drug-likeness (QED) is 0.614. The molecule has 1 aliphatic carbocycles. The normalized spacial score (nSPS) is 20.0. The summed E-state index contributed by atoms with van der Waals surface area (Å²) < 4.78 is 24.8. The number of ether oxygens (including phenoxy) is 2. The van der Waals surface area contributed by atoms with Gasteiger partial charge in [-0.05, 0) is 42.3 Å². The Bertz CT molecular complexity index is 1230. The number of hydrogen-bond donors (Lipinski definition) is 2. The molecule has 2 fully saturated rings. The third kappa shape index (κ3) is 3.56. The number of pyridine rings is 1. The van der Waals surface area contributed by atoms with E-state index < -0.39 is 30.1 Å². The molecule has 3 aromatic rings. The Kier molecular flexibility index (Phi) is 5.01. The van der Waals surface area contributed by atoms with E-state index >= 15 is 0 Å². The Morgan fingerprint density at radius 2 is 2.00 bits per heavy atom. The summed E-state index contributed by atoms with van der Waals surface area (Å²) in [6.45, 7) is 0. The van der Waals surface area contributed by atoms with Gasteiger partial charge in [-0.15, -0.1) is 0 Å². The lowest BCUT2D eigenvalue weighted by atomic mass is 9.86. The van der Waals surface area contributed by atoms with Crippen LogP contribution in [-0.2, 0) is 9.53 Å². The van der Waals surface area contributed by atoms with Crippen molar-refractivity contribution in [3.63, 3.8) is 0 Å². The lowest BCUT2D eigenvalue weighted by molar-refractivity contribution is -0.128. The third-order valence-corrected chi connectivity index (χ3v) is 6.09. The van der Waals surface area contributed by atoms with Crippen molar-refractivity contribution in [3.8, 4) is 17.1 Å². The van der Waals surface area contributed by atoms with Crippen LogP contribution in [0.15, 0.2) is 48.5 Å². The maximum Gasteiger partial charge on any atom is 0.414 e. The van der Waals surface area contributed by atoms with E-state index in [1.165, 1.54) is 13.2 Å². The number of aliphatic hydroxyl groups excluding tert-OH is 1. The molecule has 3 unspecified atom stereocenters. The van der Waals surface area contributed by atoms with E-state index in [1.54, 1.807) is 24.3 Å². The minimum absolute atomic E-state index is 0.119. The van der Waals surface area contributed by atoms with Crippen molar-refractivity contribution in [3.05, 3.63) is 59.9 Å². The van der Waals surface area contributed by atoms with Crippen LogP contribution in [0.3, 0.4) is 0 Å². The summed E-state index contributed by atoms with van der Waals surface area (Å²) in [5.74, 6) is -1.03. The Hall–Kier alpha value is -3.52. The number of alkyl carbamates (subject to hydrolysis) is 1. The van der Waals surface area contributed by atoms with Crippen LogP contribution in [0.1, 0.15) is 24.3 Å². The summed E-state index contributed by atoms with van der Waals surface area (Å²) in [5, 5.41) is 14.3. The number of halogens is 1. The Labute approximate surface area is 183 Å². The van der Waals surface area contributed by atoms with E-state index in [9.17, 15) is 19.1 Å². The van der Waals surface area contributed by atoms with Crippen LogP contribution in [0.25, 0.3) is 22.0 Å². The first-order chi connectivity index (χ1) is 15.5. The van der Waals surface area contributed by atoms with Gasteiger partial charge in [-0.1, -0.05) is 30.3 Å². The second-order valence-corrected chi connectivity index (χ2v) is 8.14. The zero-order valence-electron chi connectivity index (χ0n) is 17.2. The summed E-state index contributed by atoms with van der Waals surface area (Å²) >= 11 is 0. The molecule has 1 saturated heterocycles. The molecule has 5 rings (SSSR count). The number of nitrogens with one attached hydrogen (secondary N) is 1. The van der Waals surface area contributed by atoms with Gasteiger partial charge >= 0.3 is 6.09 Å². The average Bonchev–Trinajstić information content (AvgIpc) is 3.56. The van der Waals surface area contributed by atoms with Gasteiger partial charge in [0.25, 0.3) is 5.91 Å². The number of amides is 2. The standard InChI is InChI=1S/C24H21FN2O5/c1-31-23-15(19(13-6-7-13)20(28)21-22(29)27-24(30)32-21)9-10-18(26-23)14-8-5-12-3-2-4-17(25)16(12)11-14/h2-5,8-11,13,19-21,28H,6-7H2,1H3,(H,27,29,30). The van der Waals surface area contributed by atoms with Gasteiger partial charge in [0.15, 0.2) is 0 Å². The zero-order chi connectivity index (χ0) is 22.4. The SMILES string of the molecule is COc1nc(-c2ccc3cccc(F)c3c2)ccc1C(C1CC1)C(O)C1OC(=O)NC1=O. The fourth-order valence-corrected chi connectivity index (χ4v) is 4.38. The highest BCUT2D eigenvalue weighted by molar-refractivity contribution is 6.00. The van der Waals surface area contributed by atoms with Crippen LogP contribution < -0.4 is 10.1 Å². The van der Waals surface area contributed by atoms with Gasteiger partial charge in [-0.2, -0.15) is 0 Å². The largest absolute Gasteiger partial charge is 0.481 e. The number of methoxy groups -OCH3 is 1. The first-order valence-electron chi connectivity index (χ1n) is 10.4. The van der Waals surface area contributed by atoms with E-state index in [4.69, 9.17) is 9.47 Å². The first-order valence-corrected chi connectivity index (χ1v) is 10.4. The second-order valence-electron chi connectivity index (χ2n) is 8.14. The van der Waals surface area contributed by atoms with Crippen molar-refractivity contribution >= 4 is 22.8 Å². The molecular formula is C24H21FN2O5. The van der Waals surface area contributed by atoms with Crippen molar-refractivity contribution in [2.45, 2.75) is 31.0 Å². The fourth-order valence-electron chi connectivity index (χ4n) is 4.38. The Morgan fingerprint density at radius 3 is 2.69 bits per heavy atom. The summed E-state index contributed by atoms with van der Waals surface area (Å²) in [4.78, 5) is 28.1. The van der Waals surface area contributed by atoms with Gasteiger partial charge in [0.1, 0.15) is 11.9 Å². The van der Waals surface area contributed by atoms with E-state index in [-0.39, 0.29) is 11.7 Å². The van der Waals surface area contributed by atoms with Gasteiger partial charge in [0.2, 0.25) is 12.0 Å². The van der Waals surface area contributed by atoms with Gasteiger partial charge < -0.3 is 14.6 Å². The maximum atomic E-state index is 14.2. The maximum absolute atomic E-state index is 14.2. The molecule has 0 radical (unpaired) electrons. The highest BCUT2D eigenvalue weighted by Gasteiger charge is 2.48. The van der Waals surface area contributed by atoms with Crippen LogP contribution in [-0.4, -0.2) is 41.4 Å². The highest BCUT2D eigenvalue weighted by atomic mass is 19.1. The number of hydrogen-bond acceptors (Lipinski definition) is 6. The predicted molar refractivity (Wildman–Crippen MR) is 114 cm³/mol. The van der Waals surface area contributed by atoms with Crippen LogP contribution >= 0.6 is 0 Å². The van der Waals surface area contributed by atoms with E-state index in [1.807, 2.05) is 18.2 Å². The summed E-state index contributed by atoms with van der Waals surface area (Å²) in [5.41, 5.74) is 1.94. The second kappa shape index (κ2) is 7.87. The number of imide groups is 1. The van der Waals surface area contributed by atoms with Gasteiger partial charge in [0, 0.05) is 22.4 Å². The van der Waals surface area contributed by atoms with Gasteiger partial charge in [0.05, 0.1) is 12.8 Å². The van der Waals surface area contributed by atoms with E-state index in [0.29, 0.717) is 22.5 Å². The number of carbonyl (C=O) groups is 2. The molecule has 2 heterocycles. The van der Waals surface area contributed by atoms with E-state index in [0.717, 1.165) is 23.8 Å². The number of benzene rings is 2. The molecule has 2 aliphatic rings. The molecular weight excluding hydrogens is 415 g/mol. The number of carbonyl (C=O) groups excluding carboxylic acids is 2. The highest BCUT2D eigenvalue weighted by Crippen LogP contribution is 2.48. The summed E-state index contributed by atoms with van der Waals surface area (Å²) in [6, 6.07) is 13.9. The van der Waals surface area contributed by atoms with Crippen LogP contribution in [0, 0.1) is 11.7 Å². The van der Waals surface area contributed by atoms with Gasteiger partial charge in [-0.25, -0.2) is 14.2 Å². The number of cyclic esters (lactones) is 1. The minimum Gasteiger partial charge on any atom is -0.481 e. The molecule has 1 aromatic heterocycles. The average molecular weight is 436 g/mol. The number of aromatic nitrogens is 1. The molecule has 7 nitrogen and oxygen atoms in total. The lowest BCUT2D eigenvalue weighted by Crippen LogP contribution is -2.39. The van der Waals surface area contributed by atoms with E-state index in [2.05, 4.69) is 10.3 Å². The van der Waals surface area contributed by atoms with Crippen molar-refractivity contribution < 1.29 is 28.6 Å². The number of nitrogens with zero attached hydrogens (tertiary/aromatic N) is 1. The molecule has 2 amide bonds. The zero-order valence-corrected chi connectivity index (χ0v) is 17.2. The first kappa shape index (κ1) is 20.4. The van der Waals surface area contributed by atoms with Crippen LogP contribution in [0.4, 0.5) is 9.18 Å². The summed E-state index contributed by atoms with van der Waals surface area (Å²) in [6.07, 6.45) is -1.62. The number of fused-ring (bicyclic) bond motifs is 1. The molecule has 32 heavy (non-hydrogen) atoms. The van der Waals surface area contributed by atoms with Gasteiger partial charge in [-0.3, -0.25) is 10.1 Å². The Balaban J connectivity index is 1.52. The molecule has 0 bridgehead atoms. The van der Waals surface area contributed by atoms with Crippen molar-refractivity contribution in [1.29, 1.82) is 0 Å². The Morgan fingerprint density at radius 1 is 1.19 bits per heavy atom. The molecule has 1 aliphatic heterocycles. The molecule has 164 valence electrons.